The Bertz CT molecular complexity index is 861. The van der Waals surface area contributed by atoms with Gasteiger partial charge in [-0.3, -0.25) is 4.99 Å². The Morgan fingerprint density at radius 1 is 1.15 bits per heavy atom. The number of rotatable bonds is 6. The second-order valence-corrected chi connectivity index (χ2v) is 5.50. The zero-order valence-corrected chi connectivity index (χ0v) is 14.8. The monoisotopic (exact) mass is 351 g/mol. The number of hydrogen-bond donors (Lipinski definition) is 2. The summed E-state index contributed by atoms with van der Waals surface area (Å²) in [5.74, 6) is 1.86. The fraction of sp³-hybridized carbons (Fsp3) is 0.211. The van der Waals surface area contributed by atoms with E-state index in [4.69, 9.17) is 9.15 Å². The first-order valence-electron chi connectivity index (χ1n) is 8.21. The van der Waals surface area contributed by atoms with Crippen LogP contribution >= 0.6 is 0 Å². The van der Waals surface area contributed by atoms with Crippen molar-refractivity contribution in [2.45, 2.75) is 13.1 Å². The first kappa shape index (κ1) is 17.5. The van der Waals surface area contributed by atoms with Crippen LogP contribution in [0.15, 0.2) is 64.3 Å². The van der Waals surface area contributed by atoms with Gasteiger partial charge in [-0.15, -0.1) is 0 Å². The molecule has 0 aliphatic heterocycles. The Labute approximate surface area is 152 Å². The van der Waals surface area contributed by atoms with Gasteiger partial charge >= 0.3 is 0 Å². The lowest BCUT2D eigenvalue weighted by Gasteiger charge is -2.11. The minimum absolute atomic E-state index is 0.510. The zero-order chi connectivity index (χ0) is 18.2. The predicted molar refractivity (Wildman–Crippen MR) is 99.8 cm³/mol. The van der Waals surface area contributed by atoms with Gasteiger partial charge in [-0.1, -0.05) is 18.2 Å². The fourth-order valence-corrected chi connectivity index (χ4v) is 2.35. The molecule has 0 atom stereocenters. The van der Waals surface area contributed by atoms with E-state index in [9.17, 15) is 0 Å². The minimum Gasteiger partial charge on any atom is -0.481 e. The van der Waals surface area contributed by atoms with Crippen molar-refractivity contribution in [3.8, 4) is 17.3 Å². The summed E-state index contributed by atoms with van der Waals surface area (Å²) in [6.07, 6.45) is 3.36. The van der Waals surface area contributed by atoms with Gasteiger partial charge in [-0.05, 0) is 23.8 Å². The van der Waals surface area contributed by atoms with Crippen LogP contribution < -0.4 is 15.4 Å². The van der Waals surface area contributed by atoms with E-state index in [0.717, 1.165) is 16.8 Å². The smallest absolute Gasteiger partial charge is 0.226 e. The van der Waals surface area contributed by atoms with E-state index in [-0.39, 0.29) is 0 Å². The average molecular weight is 351 g/mol. The third-order valence-corrected chi connectivity index (χ3v) is 3.70. The summed E-state index contributed by atoms with van der Waals surface area (Å²) >= 11 is 0. The van der Waals surface area contributed by atoms with E-state index in [1.807, 2.05) is 42.5 Å². The highest BCUT2D eigenvalue weighted by Gasteiger charge is 2.07. The first-order chi connectivity index (χ1) is 12.8. The molecule has 0 bridgehead atoms. The molecule has 0 aliphatic rings. The number of nitrogens with one attached hydrogen (secondary N) is 2. The molecule has 0 saturated carbocycles. The van der Waals surface area contributed by atoms with Crippen LogP contribution in [0.5, 0.6) is 5.88 Å². The molecule has 0 spiro atoms. The Hall–Kier alpha value is -3.35. The number of aromatic nitrogens is 2. The van der Waals surface area contributed by atoms with Crippen LogP contribution in [0.1, 0.15) is 11.3 Å². The second kappa shape index (κ2) is 8.66. The minimum atomic E-state index is 0.510. The van der Waals surface area contributed by atoms with Crippen LogP contribution in [0.25, 0.3) is 11.5 Å². The molecule has 1 aromatic carbocycles. The van der Waals surface area contributed by atoms with Crippen LogP contribution in [-0.4, -0.2) is 30.1 Å². The van der Waals surface area contributed by atoms with Gasteiger partial charge in [-0.25, -0.2) is 9.97 Å². The lowest BCUT2D eigenvalue weighted by atomic mass is 10.2. The molecular weight excluding hydrogens is 330 g/mol. The van der Waals surface area contributed by atoms with Crippen molar-refractivity contribution in [1.82, 2.24) is 20.6 Å². The Morgan fingerprint density at radius 3 is 2.73 bits per heavy atom. The molecule has 0 unspecified atom stereocenters. The summed E-state index contributed by atoms with van der Waals surface area (Å²) in [4.78, 5) is 12.8. The number of hydrogen-bond acceptors (Lipinski definition) is 5. The van der Waals surface area contributed by atoms with Crippen molar-refractivity contribution in [2.75, 3.05) is 14.2 Å². The third kappa shape index (κ3) is 4.60. The molecule has 0 amide bonds. The van der Waals surface area contributed by atoms with Crippen LogP contribution in [0, 0.1) is 0 Å². The van der Waals surface area contributed by atoms with E-state index in [1.54, 1.807) is 26.6 Å². The average Bonchev–Trinajstić information content (AvgIpc) is 3.18. The quantitative estimate of drug-likeness (QED) is 0.525. The molecule has 7 heteroatoms. The maximum absolute atomic E-state index is 5.54. The van der Waals surface area contributed by atoms with Gasteiger partial charge in [-0.2, -0.15) is 0 Å². The summed E-state index contributed by atoms with van der Waals surface area (Å²) in [5, 5.41) is 6.46. The molecule has 2 heterocycles. The van der Waals surface area contributed by atoms with Gasteiger partial charge in [0.25, 0.3) is 0 Å². The molecule has 0 aliphatic carbocycles. The van der Waals surface area contributed by atoms with Crippen molar-refractivity contribution in [3.05, 3.63) is 66.2 Å². The number of aliphatic imine (C=N–C) groups is 1. The Morgan fingerprint density at radius 2 is 1.96 bits per heavy atom. The number of nitrogens with zero attached hydrogens (tertiary/aromatic N) is 3. The van der Waals surface area contributed by atoms with Gasteiger partial charge in [0.15, 0.2) is 5.96 Å². The maximum Gasteiger partial charge on any atom is 0.226 e. The molecule has 0 radical (unpaired) electrons. The normalized spacial score (nSPS) is 11.2. The van der Waals surface area contributed by atoms with E-state index in [1.165, 1.54) is 0 Å². The highest BCUT2D eigenvalue weighted by atomic mass is 16.5. The van der Waals surface area contributed by atoms with Gasteiger partial charge in [0.2, 0.25) is 11.8 Å². The van der Waals surface area contributed by atoms with E-state index in [2.05, 4.69) is 25.6 Å². The largest absolute Gasteiger partial charge is 0.481 e. The summed E-state index contributed by atoms with van der Waals surface area (Å²) in [6.45, 7) is 1.11. The number of methoxy groups -OCH3 is 1. The van der Waals surface area contributed by atoms with E-state index >= 15 is 0 Å². The summed E-state index contributed by atoms with van der Waals surface area (Å²) in [7, 11) is 3.32. The Kier molecular flexibility index (Phi) is 5.82. The van der Waals surface area contributed by atoms with Gasteiger partial charge in [0, 0.05) is 31.4 Å². The Balaban J connectivity index is 1.53. The fourth-order valence-electron chi connectivity index (χ4n) is 2.35. The molecule has 7 nitrogen and oxygen atoms in total. The van der Waals surface area contributed by atoms with Crippen LogP contribution in [0.3, 0.4) is 0 Å². The van der Waals surface area contributed by atoms with E-state index < -0.39 is 0 Å². The van der Waals surface area contributed by atoms with Crippen molar-refractivity contribution < 1.29 is 9.15 Å². The zero-order valence-electron chi connectivity index (χ0n) is 14.8. The van der Waals surface area contributed by atoms with E-state index in [0.29, 0.717) is 30.8 Å². The van der Waals surface area contributed by atoms with Crippen LogP contribution in [-0.2, 0) is 13.1 Å². The standard InChI is InChI=1S/C19H21N5O2/c1-20-19(22-11-14-8-9-21-17(10-14)25-2)23-12-16-13-26-18(24-16)15-6-4-3-5-7-15/h3-10,13H,11-12H2,1-2H3,(H2,20,22,23). The van der Waals surface area contributed by atoms with Crippen molar-refractivity contribution in [1.29, 1.82) is 0 Å². The highest BCUT2D eigenvalue weighted by Crippen LogP contribution is 2.17. The third-order valence-electron chi connectivity index (χ3n) is 3.70. The number of benzene rings is 1. The van der Waals surface area contributed by atoms with Crippen LogP contribution in [0.2, 0.25) is 0 Å². The number of ether oxygens (including phenoxy) is 1. The molecule has 3 aromatic rings. The van der Waals surface area contributed by atoms with Gasteiger partial charge in [0.05, 0.1) is 19.3 Å². The molecule has 26 heavy (non-hydrogen) atoms. The summed E-state index contributed by atoms with van der Waals surface area (Å²) < 4.78 is 10.7. The topological polar surface area (TPSA) is 84.6 Å². The lowest BCUT2D eigenvalue weighted by Crippen LogP contribution is -2.36. The lowest BCUT2D eigenvalue weighted by molar-refractivity contribution is 0.397. The molecule has 3 rings (SSSR count). The number of pyridine rings is 1. The summed E-state index contributed by atoms with van der Waals surface area (Å²) in [5.41, 5.74) is 2.80. The maximum atomic E-state index is 5.54. The van der Waals surface area contributed by atoms with Crippen LogP contribution in [0.4, 0.5) is 0 Å². The first-order valence-corrected chi connectivity index (χ1v) is 8.21. The predicted octanol–water partition coefficient (Wildman–Crippen LogP) is 2.61. The highest BCUT2D eigenvalue weighted by molar-refractivity contribution is 5.79. The van der Waals surface area contributed by atoms with Crippen molar-refractivity contribution in [2.24, 2.45) is 4.99 Å². The number of oxazole rings is 1. The second-order valence-electron chi connectivity index (χ2n) is 5.50. The molecule has 0 saturated heterocycles. The van der Waals surface area contributed by atoms with Gasteiger partial charge in [0.1, 0.15) is 6.26 Å². The molecule has 2 aromatic heterocycles. The van der Waals surface area contributed by atoms with Crippen molar-refractivity contribution in [3.63, 3.8) is 0 Å². The SMILES string of the molecule is CN=C(NCc1ccnc(OC)c1)NCc1coc(-c2ccccc2)n1. The molecule has 0 fully saturated rings. The van der Waals surface area contributed by atoms with Crippen molar-refractivity contribution >= 4 is 5.96 Å². The summed E-state index contributed by atoms with van der Waals surface area (Å²) in [6, 6.07) is 13.6. The molecule has 134 valence electrons. The number of guanidine groups is 1. The molecular formula is C19H21N5O2. The molecule has 2 N–H and O–H groups in total. The van der Waals surface area contributed by atoms with Gasteiger partial charge < -0.3 is 19.8 Å².